The van der Waals surface area contributed by atoms with Gasteiger partial charge in [-0.3, -0.25) is 4.98 Å². The van der Waals surface area contributed by atoms with E-state index in [0.29, 0.717) is 29.5 Å². The van der Waals surface area contributed by atoms with E-state index < -0.39 is 11.9 Å². The summed E-state index contributed by atoms with van der Waals surface area (Å²) in [6.45, 7) is 2.89. The number of benzene rings is 1. The molecule has 0 unspecified atom stereocenters. The van der Waals surface area contributed by atoms with Crippen molar-refractivity contribution in [1.82, 2.24) is 4.98 Å². The number of nitrogens with zero attached hydrogens (tertiary/aromatic N) is 1. The first-order valence-corrected chi connectivity index (χ1v) is 8.06. The third-order valence-electron chi connectivity index (χ3n) is 2.85. The lowest BCUT2D eigenvalue weighted by Gasteiger charge is -2.12. The molecule has 0 spiro atoms. The number of anilines is 1. The monoisotopic (exact) mass is 342 g/mol. The molecule has 1 heterocycles. The number of aromatic nitrogens is 1. The molecule has 0 amide bonds. The highest BCUT2D eigenvalue weighted by molar-refractivity contribution is 7.99. The van der Waals surface area contributed by atoms with Crippen molar-refractivity contribution in [1.29, 1.82) is 0 Å². The Morgan fingerprint density at radius 1 is 1.17 bits per heavy atom. The largest absolute Gasteiger partial charge is 0.492 e. The van der Waals surface area contributed by atoms with Crippen LogP contribution in [0, 0.1) is 0 Å². The van der Waals surface area contributed by atoms with E-state index in [0.717, 1.165) is 17.5 Å². The Bertz CT molecular complexity index is 617. The van der Waals surface area contributed by atoms with Crippen molar-refractivity contribution < 1.29 is 17.9 Å². The van der Waals surface area contributed by atoms with Crippen LogP contribution in [0.4, 0.5) is 18.9 Å². The third-order valence-corrected chi connectivity index (χ3v) is 3.99. The first-order chi connectivity index (χ1) is 11.0. The van der Waals surface area contributed by atoms with Crippen molar-refractivity contribution in [3.05, 3.63) is 48.3 Å². The van der Waals surface area contributed by atoms with Gasteiger partial charge in [0, 0.05) is 10.6 Å². The van der Waals surface area contributed by atoms with Gasteiger partial charge in [0.1, 0.15) is 5.75 Å². The zero-order valence-electron chi connectivity index (χ0n) is 12.6. The highest BCUT2D eigenvalue weighted by Crippen LogP contribution is 2.32. The average Bonchev–Trinajstić information content (AvgIpc) is 2.52. The SMILES string of the molecule is CCOc1ccc(CNc2ccccc2SCC(F)(F)F)nc1. The average molecular weight is 342 g/mol. The van der Waals surface area contributed by atoms with E-state index in [2.05, 4.69) is 10.3 Å². The maximum absolute atomic E-state index is 12.4. The Hall–Kier alpha value is -1.89. The van der Waals surface area contributed by atoms with Gasteiger partial charge in [0.15, 0.2) is 0 Å². The van der Waals surface area contributed by atoms with Crippen LogP contribution < -0.4 is 10.1 Å². The van der Waals surface area contributed by atoms with E-state index >= 15 is 0 Å². The molecular formula is C16H17F3N2OS. The summed E-state index contributed by atoms with van der Waals surface area (Å²) in [4.78, 5) is 4.82. The number of hydrogen-bond acceptors (Lipinski definition) is 4. The van der Waals surface area contributed by atoms with Gasteiger partial charge in [-0.05, 0) is 31.2 Å². The van der Waals surface area contributed by atoms with Gasteiger partial charge in [-0.2, -0.15) is 13.2 Å². The van der Waals surface area contributed by atoms with E-state index in [1.807, 2.05) is 19.1 Å². The van der Waals surface area contributed by atoms with Gasteiger partial charge < -0.3 is 10.1 Å². The maximum Gasteiger partial charge on any atom is 0.398 e. The minimum atomic E-state index is -4.19. The summed E-state index contributed by atoms with van der Waals surface area (Å²) < 4.78 is 42.4. The van der Waals surface area contributed by atoms with Crippen molar-refractivity contribution in [3.63, 3.8) is 0 Å². The molecule has 0 saturated carbocycles. The second-order valence-corrected chi connectivity index (χ2v) is 5.69. The normalized spacial score (nSPS) is 11.3. The molecule has 0 radical (unpaired) electrons. The Balaban J connectivity index is 1.97. The van der Waals surface area contributed by atoms with E-state index in [1.165, 1.54) is 0 Å². The first kappa shape index (κ1) is 17.5. The first-order valence-electron chi connectivity index (χ1n) is 7.08. The standard InChI is InChI=1S/C16H17F3N2OS/c1-2-22-13-8-7-12(20-10-13)9-21-14-5-3-4-6-15(14)23-11-16(17,18)19/h3-8,10,21H,2,9,11H2,1H3. The fraction of sp³-hybridized carbons (Fsp3) is 0.312. The fourth-order valence-electron chi connectivity index (χ4n) is 1.85. The van der Waals surface area contributed by atoms with Crippen molar-refractivity contribution in [2.45, 2.75) is 24.5 Å². The number of ether oxygens (including phenoxy) is 1. The fourth-order valence-corrected chi connectivity index (χ4v) is 2.64. The molecule has 1 N–H and O–H groups in total. The summed E-state index contributed by atoms with van der Waals surface area (Å²) in [5, 5.41) is 3.13. The molecule has 1 aromatic heterocycles. The number of alkyl halides is 3. The minimum Gasteiger partial charge on any atom is -0.492 e. The van der Waals surface area contributed by atoms with Crippen LogP contribution in [0.25, 0.3) is 0 Å². The Morgan fingerprint density at radius 3 is 2.61 bits per heavy atom. The molecule has 0 aliphatic carbocycles. The zero-order valence-corrected chi connectivity index (χ0v) is 13.4. The molecule has 7 heteroatoms. The minimum absolute atomic E-state index is 0.427. The van der Waals surface area contributed by atoms with Gasteiger partial charge in [-0.25, -0.2) is 0 Å². The molecule has 23 heavy (non-hydrogen) atoms. The maximum atomic E-state index is 12.4. The molecular weight excluding hydrogens is 325 g/mol. The van der Waals surface area contributed by atoms with Crippen molar-refractivity contribution in [2.24, 2.45) is 0 Å². The van der Waals surface area contributed by atoms with Crippen LogP contribution in [-0.4, -0.2) is 23.5 Å². The molecule has 2 rings (SSSR count). The van der Waals surface area contributed by atoms with Gasteiger partial charge in [-0.1, -0.05) is 12.1 Å². The lowest BCUT2D eigenvalue weighted by molar-refractivity contribution is -0.105. The number of nitrogens with one attached hydrogen (secondary N) is 1. The molecule has 3 nitrogen and oxygen atoms in total. The summed E-state index contributed by atoms with van der Waals surface area (Å²) in [5.74, 6) is -0.218. The quantitative estimate of drug-likeness (QED) is 0.737. The molecule has 124 valence electrons. The number of rotatable bonds is 7. The summed E-state index contributed by atoms with van der Waals surface area (Å²) >= 11 is 0.770. The Labute approximate surface area is 137 Å². The van der Waals surface area contributed by atoms with Gasteiger partial charge in [0.25, 0.3) is 0 Å². The second-order valence-electron chi connectivity index (χ2n) is 4.67. The molecule has 0 atom stereocenters. The van der Waals surface area contributed by atoms with Crippen LogP contribution in [-0.2, 0) is 6.54 Å². The van der Waals surface area contributed by atoms with Gasteiger partial charge in [-0.15, -0.1) is 11.8 Å². The van der Waals surface area contributed by atoms with Crippen LogP contribution >= 0.6 is 11.8 Å². The van der Waals surface area contributed by atoms with E-state index in [9.17, 15) is 13.2 Å². The lowest BCUT2D eigenvalue weighted by atomic mass is 10.3. The van der Waals surface area contributed by atoms with Crippen LogP contribution in [0.2, 0.25) is 0 Å². The van der Waals surface area contributed by atoms with E-state index in [-0.39, 0.29) is 0 Å². The molecule has 0 bridgehead atoms. The summed E-state index contributed by atoms with van der Waals surface area (Å²) in [6.07, 6.45) is -2.56. The van der Waals surface area contributed by atoms with E-state index in [1.54, 1.807) is 30.5 Å². The number of hydrogen-bond donors (Lipinski definition) is 1. The summed E-state index contributed by atoms with van der Waals surface area (Å²) in [5.41, 5.74) is 1.45. The molecule has 0 aliphatic rings. The molecule has 2 aromatic rings. The topological polar surface area (TPSA) is 34.1 Å². The number of thioether (sulfide) groups is 1. The second kappa shape index (κ2) is 8.10. The summed E-state index contributed by atoms with van der Waals surface area (Å²) in [7, 11) is 0. The van der Waals surface area contributed by atoms with Gasteiger partial charge in [0.05, 0.1) is 30.8 Å². The van der Waals surface area contributed by atoms with Crippen molar-refractivity contribution in [2.75, 3.05) is 17.7 Å². The highest BCUT2D eigenvalue weighted by atomic mass is 32.2. The van der Waals surface area contributed by atoms with E-state index in [4.69, 9.17) is 4.74 Å². The van der Waals surface area contributed by atoms with Crippen molar-refractivity contribution in [3.8, 4) is 5.75 Å². The third kappa shape index (κ3) is 6.02. The highest BCUT2D eigenvalue weighted by Gasteiger charge is 2.27. The number of pyridine rings is 1. The number of para-hydroxylation sites is 1. The molecule has 1 aromatic carbocycles. The zero-order chi connectivity index (χ0) is 16.7. The Morgan fingerprint density at radius 2 is 1.96 bits per heavy atom. The predicted octanol–water partition coefficient (Wildman–Crippen LogP) is 4.75. The van der Waals surface area contributed by atoms with Gasteiger partial charge in [0.2, 0.25) is 0 Å². The molecule has 0 saturated heterocycles. The van der Waals surface area contributed by atoms with Crippen LogP contribution in [0.5, 0.6) is 5.75 Å². The lowest BCUT2D eigenvalue weighted by Crippen LogP contribution is -2.11. The summed E-state index contributed by atoms with van der Waals surface area (Å²) in [6, 6.07) is 10.6. The van der Waals surface area contributed by atoms with Crippen LogP contribution in [0.15, 0.2) is 47.5 Å². The van der Waals surface area contributed by atoms with Crippen LogP contribution in [0.3, 0.4) is 0 Å². The predicted molar refractivity (Wildman–Crippen MR) is 86.0 cm³/mol. The number of halogens is 3. The van der Waals surface area contributed by atoms with Crippen LogP contribution in [0.1, 0.15) is 12.6 Å². The van der Waals surface area contributed by atoms with Gasteiger partial charge >= 0.3 is 6.18 Å². The molecule has 0 fully saturated rings. The molecule has 0 aliphatic heterocycles. The smallest absolute Gasteiger partial charge is 0.398 e. The van der Waals surface area contributed by atoms with Crippen molar-refractivity contribution >= 4 is 17.4 Å². The Kier molecular flexibility index (Phi) is 6.15.